The highest BCUT2D eigenvalue weighted by Gasteiger charge is 2.07. The molecule has 5 nitrogen and oxygen atoms in total. The Balaban J connectivity index is 1.82. The van der Waals surface area contributed by atoms with Crippen LogP contribution < -0.4 is 10.1 Å². The van der Waals surface area contributed by atoms with Crippen molar-refractivity contribution in [2.45, 2.75) is 26.7 Å². The molecule has 0 bridgehead atoms. The molecule has 0 radical (unpaired) electrons. The van der Waals surface area contributed by atoms with Gasteiger partial charge in [-0.15, -0.1) is 0 Å². The number of ether oxygens (including phenoxy) is 1. The van der Waals surface area contributed by atoms with Crippen LogP contribution in [0.5, 0.6) is 5.75 Å². The SMILES string of the molecule is Cc1cc(C)cc(OCC(=O)Nc2ccc(CCC(=O)N(C)C)cc2)c1. The molecule has 0 aliphatic heterocycles. The summed E-state index contributed by atoms with van der Waals surface area (Å²) in [5, 5.41) is 2.81. The minimum absolute atomic E-state index is 0.0397. The Hall–Kier alpha value is -2.82. The molecule has 0 aliphatic carbocycles. The third-order valence-electron chi connectivity index (χ3n) is 3.93. The smallest absolute Gasteiger partial charge is 0.262 e. The molecule has 0 fully saturated rings. The van der Waals surface area contributed by atoms with Crippen molar-refractivity contribution in [1.29, 1.82) is 0 Å². The quantitative estimate of drug-likeness (QED) is 0.830. The van der Waals surface area contributed by atoms with Crippen molar-refractivity contribution in [2.75, 3.05) is 26.0 Å². The van der Waals surface area contributed by atoms with Gasteiger partial charge in [-0.1, -0.05) is 18.2 Å². The number of amides is 2. The summed E-state index contributed by atoms with van der Waals surface area (Å²) in [6.07, 6.45) is 1.16. The number of carbonyl (C=O) groups excluding carboxylic acids is 2. The molecule has 26 heavy (non-hydrogen) atoms. The number of carbonyl (C=O) groups is 2. The van der Waals surface area contributed by atoms with E-state index in [1.165, 1.54) is 0 Å². The molecule has 0 saturated heterocycles. The lowest BCUT2D eigenvalue weighted by molar-refractivity contribution is -0.128. The Kier molecular flexibility index (Phi) is 6.78. The van der Waals surface area contributed by atoms with E-state index in [0.29, 0.717) is 24.3 Å². The fourth-order valence-corrected chi connectivity index (χ4v) is 2.59. The first-order valence-corrected chi connectivity index (χ1v) is 8.63. The van der Waals surface area contributed by atoms with Crippen molar-refractivity contribution in [3.05, 3.63) is 59.2 Å². The third kappa shape index (κ3) is 6.24. The summed E-state index contributed by atoms with van der Waals surface area (Å²) >= 11 is 0. The van der Waals surface area contributed by atoms with Crippen molar-refractivity contribution < 1.29 is 14.3 Å². The van der Waals surface area contributed by atoms with E-state index < -0.39 is 0 Å². The van der Waals surface area contributed by atoms with Gasteiger partial charge in [0.2, 0.25) is 5.91 Å². The lowest BCUT2D eigenvalue weighted by atomic mass is 10.1. The van der Waals surface area contributed by atoms with Crippen molar-refractivity contribution in [2.24, 2.45) is 0 Å². The fraction of sp³-hybridized carbons (Fsp3) is 0.333. The number of nitrogens with one attached hydrogen (secondary N) is 1. The Bertz CT molecular complexity index is 747. The van der Waals surface area contributed by atoms with Crippen LogP contribution in [0.25, 0.3) is 0 Å². The van der Waals surface area contributed by atoms with Crippen LogP contribution in [0.15, 0.2) is 42.5 Å². The molecule has 5 heteroatoms. The van der Waals surface area contributed by atoms with Crippen LogP contribution in [0.2, 0.25) is 0 Å². The summed E-state index contributed by atoms with van der Waals surface area (Å²) in [5.74, 6) is 0.587. The highest BCUT2D eigenvalue weighted by Crippen LogP contribution is 2.16. The Labute approximate surface area is 155 Å². The summed E-state index contributed by atoms with van der Waals surface area (Å²) in [6.45, 7) is 3.95. The largest absolute Gasteiger partial charge is 0.484 e. The second kappa shape index (κ2) is 9.04. The topological polar surface area (TPSA) is 58.6 Å². The Morgan fingerprint density at radius 2 is 1.62 bits per heavy atom. The standard InChI is InChI=1S/C21H26N2O3/c1-15-11-16(2)13-19(12-15)26-14-20(24)22-18-8-5-17(6-9-18)7-10-21(25)23(3)4/h5-6,8-9,11-13H,7,10,14H2,1-4H3,(H,22,24). The minimum atomic E-state index is -0.209. The molecule has 0 aromatic heterocycles. The normalized spacial score (nSPS) is 10.3. The minimum Gasteiger partial charge on any atom is -0.484 e. The third-order valence-corrected chi connectivity index (χ3v) is 3.93. The summed E-state index contributed by atoms with van der Waals surface area (Å²) in [6, 6.07) is 13.4. The molecule has 138 valence electrons. The molecular weight excluding hydrogens is 328 g/mol. The molecule has 2 aromatic rings. The first-order chi connectivity index (χ1) is 12.3. The fourth-order valence-electron chi connectivity index (χ4n) is 2.59. The highest BCUT2D eigenvalue weighted by atomic mass is 16.5. The molecule has 2 aromatic carbocycles. The molecular formula is C21H26N2O3. The number of rotatable bonds is 7. The van der Waals surface area contributed by atoms with Gasteiger partial charge in [-0.25, -0.2) is 0 Å². The number of aryl methyl sites for hydroxylation is 3. The van der Waals surface area contributed by atoms with Gasteiger partial charge in [0.1, 0.15) is 5.75 Å². The van der Waals surface area contributed by atoms with Crippen LogP contribution in [0, 0.1) is 13.8 Å². The zero-order valence-electron chi connectivity index (χ0n) is 15.8. The molecule has 0 unspecified atom stereocenters. The van der Waals surface area contributed by atoms with Crippen molar-refractivity contribution >= 4 is 17.5 Å². The number of hydrogen-bond acceptors (Lipinski definition) is 3. The van der Waals surface area contributed by atoms with Crippen molar-refractivity contribution in [3.8, 4) is 5.75 Å². The zero-order chi connectivity index (χ0) is 19.1. The van der Waals surface area contributed by atoms with Gasteiger partial charge in [-0.2, -0.15) is 0 Å². The maximum Gasteiger partial charge on any atom is 0.262 e. The van der Waals surface area contributed by atoms with Crippen LogP contribution in [-0.2, 0) is 16.0 Å². The summed E-state index contributed by atoms with van der Waals surface area (Å²) in [4.78, 5) is 25.2. The van der Waals surface area contributed by atoms with E-state index in [0.717, 1.165) is 16.7 Å². The summed E-state index contributed by atoms with van der Waals surface area (Å²) < 4.78 is 5.56. The maximum absolute atomic E-state index is 12.0. The molecule has 0 saturated carbocycles. The highest BCUT2D eigenvalue weighted by molar-refractivity contribution is 5.91. The van der Waals surface area contributed by atoms with Gasteiger partial charge in [0.05, 0.1) is 0 Å². The van der Waals surface area contributed by atoms with Gasteiger partial charge in [-0.3, -0.25) is 9.59 Å². The lowest BCUT2D eigenvalue weighted by Crippen LogP contribution is -2.21. The average molecular weight is 354 g/mol. The average Bonchev–Trinajstić information content (AvgIpc) is 2.58. The van der Waals surface area contributed by atoms with Crippen LogP contribution >= 0.6 is 0 Å². The van der Waals surface area contributed by atoms with Crippen molar-refractivity contribution in [3.63, 3.8) is 0 Å². The van der Waals surface area contributed by atoms with Gasteiger partial charge < -0.3 is 15.0 Å². The van der Waals surface area contributed by atoms with Crippen LogP contribution in [0.3, 0.4) is 0 Å². The predicted octanol–water partition coefficient (Wildman–Crippen LogP) is 3.34. The molecule has 1 N–H and O–H groups in total. The molecule has 0 spiro atoms. The summed E-state index contributed by atoms with van der Waals surface area (Å²) in [7, 11) is 3.50. The van der Waals surface area contributed by atoms with E-state index >= 15 is 0 Å². The van der Waals surface area contributed by atoms with E-state index in [4.69, 9.17) is 4.74 Å². The molecule has 2 amide bonds. The first kappa shape index (κ1) is 19.5. The molecule has 0 aliphatic rings. The maximum atomic E-state index is 12.0. The zero-order valence-corrected chi connectivity index (χ0v) is 15.8. The number of nitrogens with zero attached hydrogens (tertiary/aromatic N) is 1. The van der Waals surface area contributed by atoms with Gasteiger partial charge in [0, 0.05) is 26.2 Å². The van der Waals surface area contributed by atoms with Crippen LogP contribution in [0.1, 0.15) is 23.1 Å². The van der Waals surface area contributed by atoms with Gasteiger partial charge >= 0.3 is 0 Å². The summed E-state index contributed by atoms with van der Waals surface area (Å²) in [5.41, 5.74) is 3.97. The van der Waals surface area contributed by atoms with Gasteiger partial charge in [0.15, 0.2) is 6.61 Å². The number of anilines is 1. The molecule has 0 heterocycles. The van der Waals surface area contributed by atoms with E-state index in [-0.39, 0.29) is 18.4 Å². The lowest BCUT2D eigenvalue weighted by Gasteiger charge is -2.11. The Morgan fingerprint density at radius 1 is 1.00 bits per heavy atom. The predicted molar refractivity (Wildman–Crippen MR) is 103 cm³/mol. The Morgan fingerprint density at radius 3 is 2.19 bits per heavy atom. The first-order valence-electron chi connectivity index (χ1n) is 8.63. The second-order valence-corrected chi connectivity index (χ2v) is 6.65. The molecule has 2 rings (SSSR count). The van der Waals surface area contributed by atoms with Gasteiger partial charge in [-0.05, 0) is 61.2 Å². The van der Waals surface area contributed by atoms with Crippen molar-refractivity contribution in [1.82, 2.24) is 4.90 Å². The number of benzene rings is 2. The second-order valence-electron chi connectivity index (χ2n) is 6.65. The van der Waals surface area contributed by atoms with E-state index in [9.17, 15) is 9.59 Å². The van der Waals surface area contributed by atoms with Gasteiger partial charge in [0.25, 0.3) is 5.91 Å². The monoisotopic (exact) mass is 354 g/mol. The number of hydrogen-bond donors (Lipinski definition) is 1. The van der Waals surface area contributed by atoms with Crippen LogP contribution in [-0.4, -0.2) is 37.4 Å². The molecule has 0 atom stereocenters. The van der Waals surface area contributed by atoms with E-state index in [1.807, 2.05) is 50.2 Å². The van der Waals surface area contributed by atoms with E-state index in [1.54, 1.807) is 19.0 Å². The van der Waals surface area contributed by atoms with Crippen LogP contribution in [0.4, 0.5) is 5.69 Å². The van der Waals surface area contributed by atoms with E-state index in [2.05, 4.69) is 11.4 Å².